The Labute approximate surface area is 127 Å². The van der Waals surface area contributed by atoms with Crippen LogP contribution in [0, 0.1) is 26.2 Å². The van der Waals surface area contributed by atoms with Crippen LogP contribution in [0.1, 0.15) is 54.5 Å². The van der Waals surface area contributed by atoms with Gasteiger partial charge in [-0.1, -0.05) is 13.8 Å². The Hall–Kier alpha value is -1.61. The van der Waals surface area contributed by atoms with Crippen molar-refractivity contribution in [2.24, 2.45) is 11.1 Å². The molecule has 0 amide bonds. The maximum Gasteiger partial charge on any atom is 0.137 e. The van der Waals surface area contributed by atoms with E-state index in [1.165, 1.54) is 22.5 Å². The number of aromatic nitrogens is 2. The Kier molecular flexibility index (Phi) is 3.21. The molecule has 3 rings (SSSR count). The van der Waals surface area contributed by atoms with Gasteiger partial charge >= 0.3 is 0 Å². The van der Waals surface area contributed by atoms with E-state index in [0.29, 0.717) is 0 Å². The molecule has 0 saturated heterocycles. The van der Waals surface area contributed by atoms with Gasteiger partial charge < -0.3 is 10.3 Å². The minimum atomic E-state index is 0.134. The molecule has 1 aliphatic carbocycles. The van der Waals surface area contributed by atoms with Crippen LogP contribution in [-0.4, -0.2) is 9.55 Å². The van der Waals surface area contributed by atoms with Gasteiger partial charge in [0.25, 0.3) is 0 Å². The maximum absolute atomic E-state index is 6.41. The first-order valence-corrected chi connectivity index (χ1v) is 7.69. The average molecular weight is 283 g/mol. The normalized spacial score (nSPS) is 20.4. The average Bonchev–Trinajstić information content (AvgIpc) is 2.63. The molecule has 3 nitrogen and oxygen atoms in total. The fraction of sp³-hybridized carbons (Fsp3) is 0.500. The Morgan fingerprint density at radius 3 is 2.57 bits per heavy atom. The predicted octanol–water partition coefficient (Wildman–Crippen LogP) is 3.77. The van der Waals surface area contributed by atoms with Gasteiger partial charge in [0.2, 0.25) is 0 Å². The molecule has 112 valence electrons. The standard InChI is InChI=1S/C18H25N3/c1-11-6-12(2)20-17(7-11)21-13(3)8-14-15(19)9-18(4,5)10-16(14)21/h6-8,15H,9-10,19H2,1-5H3. The Morgan fingerprint density at radius 1 is 1.19 bits per heavy atom. The predicted molar refractivity (Wildman–Crippen MR) is 86.8 cm³/mol. The van der Waals surface area contributed by atoms with Gasteiger partial charge in [0.1, 0.15) is 5.82 Å². The third-order valence-electron chi connectivity index (χ3n) is 4.45. The number of pyridine rings is 1. The minimum absolute atomic E-state index is 0.134. The van der Waals surface area contributed by atoms with E-state index in [4.69, 9.17) is 10.7 Å². The highest BCUT2D eigenvalue weighted by Crippen LogP contribution is 2.41. The summed E-state index contributed by atoms with van der Waals surface area (Å²) in [6, 6.07) is 6.65. The zero-order valence-electron chi connectivity index (χ0n) is 13.7. The van der Waals surface area contributed by atoms with Crippen LogP contribution in [0.25, 0.3) is 5.82 Å². The van der Waals surface area contributed by atoms with Crippen molar-refractivity contribution in [1.29, 1.82) is 0 Å². The number of hydrogen-bond acceptors (Lipinski definition) is 2. The molecular formula is C18H25N3. The van der Waals surface area contributed by atoms with Crippen LogP contribution in [0.2, 0.25) is 0 Å². The maximum atomic E-state index is 6.41. The van der Waals surface area contributed by atoms with Gasteiger partial charge in [0, 0.05) is 23.1 Å². The van der Waals surface area contributed by atoms with Gasteiger partial charge in [-0.2, -0.15) is 0 Å². The first kappa shape index (κ1) is 14.3. The molecule has 0 aliphatic heterocycles. The first-order valence-electron chi connectivity index (χ1n) is 7.69. The van der Waals surface area contributed by atoms with Crippen LogP contribution < -0.4 is 5.73 Å². The molecule has 1 unspecified atom stereocenters. The van der Waals surface area contributed by atoms with Crippen LogP contribution in [0.15, 0.2) is 18.2 Å². The van der Waals surface area contributed by atoms with Crippen LogP contribution >= 0.6 is 0 Å². The molecule has 2 heterocycles. The molecule has 1 atom stereocenters. The van der Waals surface area contributed by atoms with Crippen molar-refractivity contribution in [2.75, 3.05) is 0 Å². The summed E-state index contributed by atoms with van der Waals surface area (Å²) in [5.41, 5.74) is 12.8. The highest BCUT2D eigenvalue weighted by Gasteiger charge is 2.33. The monoisotopic (exact) mass is 283 g/mol. The number of fused-ring (bicyclic) bond motifs is 1. The first-order chi connectivity index (χ1) is 9.77. The van der Waals surface area contributed by atoms with Crippen molar-refractivity contribution < 1.29 is 0 Å². The molecule has 0 spiro atoms. The lowest BCUT2D eigenvalue weighted by molar-refractivity contribution is 0.278. The van der Waals surface area contributed by atoms with Crippen LogP contribution in [0.4, 0.5) is 0 Å². The van der Waals surface area contributed by atoms with Gasteiger partial charge in [-0.3, -0.25) is 0 Å². The zero-order valence-corrected chi connectivity index (χ0v) is 13.7. The molecule has 1 aliphatic rings. The molecule has 3 heteroatoms. The van der Waals surface area contributed by atoms with E-state index in [-0.39, 0.29) is 11.5 Å². The molecule has 0 aromatic carbocycles. The molecule has 21 heavy (non-hydrogen) atoms. The van der Waals surface area contributed by atoms with Gasteiger partial charge in [-0.15, -0.1) is 0 Å². The van der Waals surface area contributed by atoms with E-state index >= 15 is 0 Å². The van der Waals surface area contributed by atoms with Gasteiger partial charge in [-0.25, -0.2) is 4.98 Å². The lowest BCUT2D eigenvalue weighted by Crippen LogP contribution is -2.30. The second kappa shape index (κ2) is 4.70. The number of rotatable bonds is 1. The largest absolute Gasteiger partial charge is 0.324 e. The van der Waals surface area contributed by atoms with E-state index in [1.54, 1.807) is 0 Å². The number of nitrogens with zero attached hydrogens (tertiary/aromatic N) is 2. The number of hydrogen-bond donors (Lipinski definition) is 1. The highest BCUT2D eigenvalue weighted by atomic mass is 15.1. The Bertz CT molecular complexity index is 674. The lowest BCUT2D eigenvalue weighted by atomic mass is 9.74. The molecule has 0 radical (unpaired) electrons. The van der Waals surface area contributed by atoms with Crippen molar-refractivity contribution in [3.05, 3.63) is 46.4 Å². The van der Waals surface area contributed by atoms with Crippen molar-refractivity contribution in [2.45, 2.75) is 53.5 Å². The molecule has 2 N–H and O–H groups in total. The summed E-state index contributed by atoms with van der Waals surface area (Å²) in [5.74, 6) is 1.02. The Morgan fingerprint density at radius 2 is 1.90 bits per heavy atom. The molecule has 2 aromatic heterocycles. The van der Waals surface area contributed by atoms with Crippen LogP contribution in [-0.2, 0) is 6.42 Å². The second-order valence-corrected chi connectivity index (χ2v) is 7.32. The van der Waals surface area contributed by atoms with Crippen molar-refractivity contribution in [3.63, 3.8) is 0 Å². The van der Waals surface area contributed by atoms with E-state index in [2.05, 4.69) is 57.4 Å². The number of aryl methyl sites for hydroxylation is 3. The molecule has 0 fully saturated rings. The molecule has 2 aromatic rings. The van der Waals surface area contributed by atoms with Gasteiger partial charge in [0.05, 0.1) is 0 Å². The quantitative estimate of drug-likeness (QED) is 0.865. The summed E-state index contributed by atoms with van der Waals surface area (Å²) in [7, 11) is 0. The third kappa shape index (κ3) is 2.51. The summed E-state index contributed by atoms with van der Waals surface area (Å²) in [6.45, 7) is 10.9. The summed E-state index contributed by atoms with van der Waals surface area (Å²) in [6.07, 6.45) is 2.10. The summed E-state index contributed by atoms with van der Waals surface area (Å²) in [5, 5.41) is 0. The van der Waals surface area contributed by atoms with Crippen LogP contribution in [0.3, 0.4) is 0 Å². The molecule has 0 saturated carbocycles. The number of nitrogens with two attached hydrogens (primary N) is 1. The Balaban J connectivity index is 2.21. The van der Waals surface area contributed by atoms with E-state index in [9.17, 15) is 0 Å². The smallest absolute Gasteiger partial charge is 0.137 e. The molecular weight excluding hydrogens is 258 g/mol. The minimum Gasteiger partial charge on any atom is -0.324 e. The van der Waals surface area contributed by atoms with E-state index < -0.39 is 0 Å². The summed E-state index contributed by atoms with van der Waals surface area (Å²) < 4.78 is 2.30. The fourth-order valence-corrected chi connectivity index (χ4v) is 3.70. The third-order valence-corrected chi connectivity index (χ3v) is 4.45. The van der Waals surface area contributed by atoms with Gasteiger partial charge in [0.15, 0.2) is 0 Å². The van der Waals surface area contributed by atoms with Crippen LogP contribution in [0.5, 0.6) is 0 Å². The molecule has 0 bridgehead atoms. The second-order valence-electron chi connectivity index (χ2n) is 7.32. The van der Waals surface area contributed by atoms with E-state index in [1.807, 2.05) is 0 Å². The zero-order chi connectivity index (χ0) is 15.4. The topological polar surface area (TPSA) is 43.8 Å². The van der Waals surface area contributed by atoms with Crippen molar-refractivity contribution in [1.82, 2.24) is 9.55 Å². The SMILES string of the molecule is Cc1cc(C)nc(-n2c(C)cc3c2CC(C)(C)CC3N)c1. The van der Waals surface area contributed by atoms with E-state index in [0.717, 1.165) is 24.4 Å². The summed E-state index contributed by atoms with van der Waals surface area (Å²) in [4.78, 5) is 4.74. The fourth-order valence-electron chi connectivity index (χ4n) is 3.70. The highest BCUT2D eigenvalue weighted by molar-refractivity contribution is 5.42. The van der Waals surface area contributed by atoms with Crippen molar-refractivity contribution in [3.8, 4) is 5.82 Å². The summed E-state index contributed by atoms with van der Waals surface area (Å²) >= 11 is 0. The van der Waals surface area contributed by atoms with Crippen molar-refractivity contribution >= 4 is 0 Å². The lowest BCUT2D eigenvalue weighted by Gasteiger charge is -2.34. The van der Waals surface area contributed by atoms with Gasteiger partial charge in [-0.05, 0) is 68.4 Å².